The summed E-state index contributed by atoms with van der Waals surface area (Å²) in [4.78, 5) is 22.5. The highest BCUT2D eigenvalue weighted by molar-refractivity contribution is 8.16. The van der Waals surface area contributed by atoms with Crippen LogP contribution in [0.4, 0.5) is 5.69 Å². The molecule has 1 aliphatic carbocycles. The van der Waals surface area contributed by atoms with Gasteiger partial charge < -0.3 is 5.32 Å². The number of aliphatic imine (C=N–C) groups is 2. The van der Waals surface area contributed by atoms with Gasteiger partial charge in [-0.1, -0.05) is 71.7 Å². The second-order valence-corrected chi connectivity index (χ2v) is 9.03. The van der Waals surface area contributed by atoms with Gasteiger partial charge in [-0.2, -0.15) is 0 Å². The van der Waals surface area contributed by atoms with E-state index in [4.69, 9.17) is 33.2 Å². The molecule has 0 radical (unpaired) electrons. The average Bonchev–Trinajstić information content (AvgIpc) is 3.08. The molecule has 1 heterocycles. The summed E-state index contributed by atoms with van der Waals surface area (Å²) in [5.41, 5.74) is 2.23. The summed E-state index contributed by atoms with van der Waals surface area (Å²) in [5.74, 6) is 0.133. The maximum absolute atomic E-state index is 12.5. The number of anilines is 1. The van der Waals surface area contributed by atoms with Crippen molar-refractivity contribution in [3.63, 3.8) is 0 Å². The van der Waals surface area contributed by atoms with Crippen LogP contribution in [-0.4, -0.2) is 28.1 Å². The summed E-state index contributed by atoms with van der Waals surface area (Å²) in [5, 5.41) is 4.58. The molecule has 1 aliphatic heterocycles. The van der Waals surface area contributed by atoms with Gasteiger partial charge >= 0.3 is 0 Å². The third kappa shape index (κ3) is 4.85. The van der Waals surface area contributed by atoms with E-state index in [0.29, 0.717) is 15.7 Å². The van der Waals surface area contributed by atoms with E-state index in [9.17, 15) is 4.79 Å². The number of hydrogen-bond donors (Lipinski definition) is 1. The lowest BCUT2D eigenvalue weighted by Crippen LogP contribution is -2.25. The number of nitrogens with zero attached hydrogens (tertiary/aromatic N) is 2. The predicted octanol–water partition coefficient (Wildman–Crippen LogP) is 6.23. The van der Waals surface area contributed by atoms with Crippen LogP contribution in [0.15, 0.2) is 58.5 Å². The molecule has 2 aliphatic rings. The first-order chi connectivity index (χ1) is 14.0. The van der Waals surface area contributed by atoms with Gasteiger partial charge in [0, 0.05) is 11.3 Å². The summed E-state index contributed by atoms with van der Waals surface area (Å²) in [6.45, 7) is 0. The molecule has 1 amide bonds. The Labute approximate surface area is 184 Å². The van der Waals surface area contributed by atoms with Crippen molar-refractivity contribution in [3.05, 3.63) is 64.1 Å². The number of hydrogen-bond acceptors (Lipinski definition) is 4. The highest BCUT2D eigenvalue weighted by Crippen LogP contribution is 2.38. The fourth-order valence-electron chi connectivity index (χ4n) is 3.65. The SMILES string of the molecule is O=C(CSC1=NC2(CCCCC2)N=C1c1ccccc1)Nc1ccc(Cl)c(Cl)c1. The highest BCUT2D eigenvalue weighted by Gasteiger charge is 2.37. The zero-order chi connectivity index (χ0) is 20.3. The molecule has 1 saturated carbocycles. The molecule has 150 valence electrons. The van der Waals surface area contributed by atoms with Crippen molar-refractivity contribution in [2.45, 2.75) is 37.8 Å². The molecular weight excluding hydrogens is 425 g/mol. The molecule has 0 atom stereocenters. The van der Waals surface area contributed by atoms with Crippen LogP contribution in [0, 0.1) is 0 Å². The number of carbonyl (C=O) groups excluding carboxylic acids is 1. The van der Waals surface area contributed by atoms with E-state index in [2.05, 4.69) is 5.32 Å². The molecule has 0 saturated heterocycles. The zero-order valence-corrected chi connectivity index (χ0v) is 18.2. The Kier molecular flexibility index (Phi) is 6.28. The summed E-state index contributed by atoms with van der Waals surface area (Å²) in [6, 6.07) is 15.1. The Hall–Kier alpha value is -1.82. The van der Waals surface area contributed by atoms with Crippen LogP contribution in [0.25, 0.3) is 0 Å². The van der Waals surface area contributed by atoms with E-state index in [0.717, 1.165) is 42.0 Å². The van der Waals surface area contributed by atoms with Crippen LogP contribution in [0.3, 0.4) is 0 Å². The second-order valence-electron chi connectivity index (χ2n) is 7.25. The van der Waals surface area contributed by atoms with Crippen molar-refractivity contribution in [1.82, 2.24) is 0 Å². The van der Waals surface area contributed by atoms with Gasteiger partial charge in [0.05, 0.1) is 21.5 Å². The fourth-order valence-corrected chi connectivity index (χ4v) is 4.83. The van der Waals surface area contributed by atoms with Crippen LogP contribution in [-0.2, 0) is 4.79 Å². The summed E-state index contributed by atoms with van der Waals surface area (Å²) in [7, 11) is 0. The van der Waals surface area contributed by atoms with E-state index in [1.54, 1.807) is 18.2 Å². The fraction of sp³-hybridized carbons (Fsp3) is 0.318. The maximum atomic E-state index is 12.5. The van der Waals surface area contributed by atoms with Crippen molar-refractivity contribution >= 4 is 57.3 Å². The van der Waals surface area contributed by atoms with Crippen LogP contribution >= 0.6 is 35.0 Å². The number of thioether (sulfide) groups is 1. The van der Waals surface area contributed by atoms with Crippen molar-refractivity contribution in [1.29, 1.82) is 0 Å². The van der Waals surface area contributed by atoms with E-state index in [1.807, 2.05) is 30.3 Å². The third-order valence-corrected chi connectivity index (χ3v) is 6.78. The molecule has 0 bridgehead atoms. The van der Waals surface area contributed by atoms with Gasteiger partial charge in [0.2, 0.25) is 5.91 Å². The Bertz CT molecular complexity index is 969. The number of halogens is 2. The number of benzene rings is 2. The number of rotatable bonds is 4. The minimum atomic E-state index is -0.341. The van der Waals surface area contributed by atoms with Gasteiger partial charge in [-0.15, -0.1) is 0 Å². The van der Waals surface area contributed by atoms with Crippen molar-refractivity contribution in [2.75, 3.05) is 11.1 Å². The zero-order valence-electron chi connectivity index (χ0n) is 15.8. The topological polar surface area (TPSA) is 53.8 Å². The number of amides is 1. The highest BCUT2D eigenvalue weighted by atomic mass is 35.5. The predicted molar refractivity (Wildman–Crippen MR) is 124 cm³/mol. The average molecular weight is 446 g/mol. The lowest BCUT2D eigenvalue weighted by molar-refractivity contribution is -0.113. The smallest absolute Gasteiger partial charge is 0.234 e. The minimum Gasteiger partial charge on any atom is -0.325 e. The molecule has 1 spiro atoms. The van der Waals surface area contributed by atoms with Gasteiger partial charge in [-0.05, 0) is 43.9 Å². The first kappa shape index (κ1) is 20.5. The quantitative estimate of drug-likeness (QED) is 0.606. The Morgan fingerprint density at radius 3 is 2.48 bits per heavy atom. The van der Waals surface area contributed by atoms with E-state index in [-0.39, 0.29) is 17.3 Å². The number of carbonyl (C=O) groups is 1. The molecule has 29 heavy (non-hydrogen) atoms. The monoisotopic (exact) mass is 445 g/mol. The van der Waals surface area contributed by atoms with Gasteiger partial charge in [-0.3, -0.25) is 9.79 Å². The summed E-state index contributed by atoms with van der Waals surface area (Å²) >= 11 is 13.4. The first-order valence-corrected chi connectivity index (χ1v) is 11.4. The van der Waals surface area contributed by atoms with Crippen LogP contribution in [0.5, 0.6) is 0 Å². The largest absolute Gasteiger partial charge is 0.325 e. The van der Waals surface area contributed by atoms with Gasteiger partial charge in [0.15, 0.2) is 5.66 Å². The molecular formula is C22H21Cl2N3OS. The van der Waals surface area contributed by atoms with Crippen molar-refractivity contribution in [2.24, 2.45) is 9.98 Å². The molecule has 1 N–H and O–H groups in total. The van der Waals surface area contributed by atoms with Gasteiger partial charge in [-0.25, -0.2) is 4.99 Å². The minimum absolute atomic E-state index is 0.118. The molecule has 4 nitrogen and oxygen atoms in total. The number of nitrogens with one attached hydrogen (secondary N) is 1. The van der Waals surface area contributed by atoms with Crippen LogP contribution in [0.2, 0.25) is 10.0 Å². The maximum Gasteiger partial charge on any atom is 0.234 e. The Morgan fingerprint density at radius 1 is 1.00 bits per heavy atom. The molecule has 0 unspecified atom stereocenters. The van der Waals surface area contributed by atoms with Crippen LogP contribution < -0.4 is 5.32 Å². The lowest BCUT2D eigenvalue weighted by atomic mass is 9.90. The standard InChI is InChI=1S/C22H21Cl2N3OS/c23-17-10-9-16(13-18(17)24)25-19(28)14-29-21-20(15-7-3-1-4-8-15)26-22(27-21)11-5-2-6-12-22/h1,3-4,7-10,13H,2,5-6,11-12,14H2,(H,25,28). The Morgan fingerprint density at radius 2 is 1.76 bits per heavy atom. The Balaban J connectivity index is 1.48. The van der Waals surface area contributed by atoms with E-state index in [1.165, 1.54) is 18.2 Å². The molecule has 4 rings (SSSR count). The molecule has 2 aromatic carbocycles. The first-order valence-electron chi connectivity index (χ1n) is 9.68. The van der Waals surface area contributed by atoms with E-state index < -0.39 is 0 Å². The summed E-state index contributed by atoms with van der Waals surface area (Å²) in [6.07, 6.45) is 5.48. The second kappa shape index (κ2) is 8.90. The molecule has 7 heteroatoms. The van der Waals surface area contributed by atoms with E-state index >= 15 is 0 Å². The molecule has 1 fully saturated rings. The lowest BCUT2D eigenvalue weighted by Gasteiger charge is -2.27. The third-order valence-electron chi connectivity index (χ3n) is 5.08. The van der Waals surface area contributed by atoms with Crippen molar-refractivity contribution < 1.29 is 4.79 Å². The van der Waals surface area contributed by atoms with Gasteiger partial charge in [0.1, 0.15) is 5.04 Å². The normalized spacial score (nSPS) is 17.7. The van der Waals surface area contributed by atoms with Crippen LogP contribution in [0.1, 0.15) is 37.7 Å². The summed E-state index contributed by atoms with van der Waals surface area (Å²) < 4.78 is 0. The van der Waals surface area contributed by atoms with Crippen molar-refractivity contribution in [3.8, 4) is 0 Å². The molecule has 2 aromatic rings. The molecule has 0 aromatic heterocycles. The van der Waals surface area contributed by atoms with Gasteiger partial charge in [0.25, 0.3) is 0 Å².